The number of carbonyl (C=O) groups excluding carboxylic acids is 1. The zero-order valence-corrected chi connectivity index (χ0v) is 6.42. The molecule has 3 heteroatoms. The van der Waals surface area contributed by atoms with E-state index in [1.807, 2.05) is 6.92 Å². The van der Waals surface area contributed by atoms with Gasteiger partial charge in [0, 0.05) is 6.42 Å². The van der Waals surface area contributed by atoms with Crippen LogP contribution in [0.4, 0.5) is 0 Å². The fourth-order valence-corrected chi connectivity index (χ4v) is 0.686. The largest absolute Gasteiger partial charge is 0.411 e. The molecule has 0 aromatic rings. The van der Waals surface area contributed by atoms with E-state index in [-0.39, 0.29) is 5.78 Å². The summed E-state index contributed by atoms with van der Waals surface area (Å²) in [6, 6.07) is 0. The van der Waals surface area contributed by atoms with E-state index in [4.69, 9.17) is 5.21 Å². The molecule has 0 saturated heterocycles. The first-order valence-corrected chi connectivity index (χ1v) is 3.50. The van der Waals surface area contributed by atoms with E-state index in [1.165, 1.54) is 0 Å². The van der Waals surface area contributed by atoms with Crippen LogP contribution in [0, 0.1) is 0 Å². The second-order valence-corrected chi connectivity index (χ2v) is 2.07. The maximum Gasteiger partial charge on any atom is 0.180 e. The van der Waals surface area contributed by atoms with Gasteiger partial charge in [0.2, 0.25) is 0 Å². The molecule has 0 rings (SSSR count). The third-order valence-corrected chi connectivity index (χ3v) is 1.25. The van der Waals surface area contributed by atoms with E-state index in [0.29, 0.717) is 18.6 Å². The van der Waals surface area contributed by atoms with Crippen molar-refractivity contribution in [2.75, 3.05) is 0 Å². The third-order valence-electron chi connectivity index (χ3n) is 1.25. The van der Waals surface area contributed by atoms with Crippen molar-refractivity contribution in [3.05, 3.63) is 0 Å². The van der Waals surface area contributed by atoms with E-state index < -0.39 is 0 Å². The molecule has 0 unspecified atom stereocenters. The van der Waals surface area contributed by atoms with E-state index in [0.717, 1.165) is 6.42 Å². The van der Waals surface area contributed by atoms with Crippen molar-refractivity contribution in [1.29, 1.82) is 0 Å². The van der Waals surface area contributed by atoms with Gasteiger partial charge in [-0.1, -0.05) is 25.4 Å². The lowest BCUT2D eigenvalue weighted by Gasteiger charge is -1.96. The Morgan fingerprint density at radius 2 is 2.10 bits per heavy atom. The zero-order valence-electron chi connectivity index (χ0n) is 6.42. The van der Waals surface area contributed by atoms with E-state index in [2.05, 4.69) is 5.16 Å². The third kappa shape index (κ3) is 2.62. The lowest BCUT2D eigenvalue weighted by molar-refractivity contribution is -0.112. The molecule has 58 valence electrons. The highest BCUT2D eigenvalue weighted by Crippen LogP contribution is 1.95. The van der Waals surface area contributed by atoms with Gasteiger partial charge in [-0.05, 0) is 6.42 Å². The van der Waals surface area contributed by atoms with Crippen molar-refractivity contribution in [3.63, 3.8) is 0 Å². The molecule has 0 spiro atoms. The van der Waals surface area contributed by atoms with Gasteiger partial charge in [0.25, 0.3) is 0 Å². The molecule has 0 aromatic carbocycles. The molecule has 0 heterocycles. The molecule has 0 aliphatic carbocycles. The normalized spacial score (nSPS) is 11.6. The number of Topliss-reactive ketones (excluding diaryl/α,β-unsaturated/α-hetero) is 1. The lowest BCUT2D eigenvalue weighted by atomic mass is 10.1. The van der Waals surface area contributed by atoms with Gasteiger partial charge in [0.15, 0.2) is 5.78 Å². The molecule has 0 aliphatic rings. The van der Waals surface area contributed by atoms with E-state index in [9.17, 15) is 4.79 Å². The van der Waals surface area contributed by atoms with Crippen molar-refractivity contribution in [2.24, 2.45) is 5.16 Å². The summed E-state index contributed by atoms with van der Waals surface area (Å²) in [7, 11) is 0. The fraction of sp³-hybridized carbons (Fsp3) is 0.714. The molecule has 0 saturated carbocycles. The van der Waals surface area contributed by atoms with E-state index >= 15 is 0 Å². The highest BCUT2D eigenvalue weighted by atomic mass is 16.4. The highest BCUT2D eigenvalue weighted by Gasteiger charge is 2.07. The summed E-state index contributed by atoms with van der Waals surface area (Å²) in [6.07, 6.45) is 1.83. The second-order valence-electron chi connectivity index (χ2n) is 2.07. The summed E-state index contributed by atoms with van der Waals surface area (Å²) in [5, 5.41) is 11.2. The number of nitrogens with zero attached hydrogens (tertiary/aromatic N) is 1. The Labute approximate surface area is 60.7 Å². The van der Waals surface area contributed by atoms with Crippen LogP contribution in [-0.4, -0.2) is 16.7 Å². The predicted octanol–water partition coefficient (Wildman–Crippen LogP) is 1.60. The topological polar surface area (TPSA) is 49.7 Å². The minimum Gasteiger partial charge on any atom is -0.411 e. The van der Waals surface area contributed by atoms with Crippen LogP contribution in [0.15, 0.2) is 5.16 Å². The number of rotatable bonds is 4. The van der Waals surface area contributed by atoms with E-state index in [1.54, 1.807) is 6.92 Å². The van der Waals surface area contributed by atoms with Crippen LogP contribution in [-0.2, 0) is 4.79 Å². The molecular weight excluding hydrogens is 130 g/mol. The van der Waals surface area contributed by atoms with Crippen molar-refractivity contribution < 1.29 is 10.0 Å². The Bertz CT molecular complexity index is 141. The molecule has 3 nitrogen and oxygen atoms in total. The van der Waals surface area contributed by atoms with Gasteiger partial charge in [-0.3, -0.25) is 4.79 Å². The minimum atomic E-state index is -0.0654. The van der Waals surface area contributed by atoms with Gasteiger partial charge in [0.1, 0.15) is 5.71 Å². The molecular formula is C7H13NO2. The molecule has 0 aromatic heterocycles. The average molecular weight is 143 g/mol. The Morgan fingerprint density at radius 3 is 2.40 bits per heavy atom. The van der Waals surface area contributed by atoms with Gasteiger partial charge in [0.05, 0.1) is 0 Å². The maximum absolute atomic E-state index is 10.8. The maximum atomic E-state index is 10.8. The van der Waals surface area contributed by atoms with Crippen molar-refractivity contribution in [3.8, 4) is 0 Å². The van der Waals surface area contributed by atoms with Crippen molar-refractivity contribution in [2.45, 2.75) is 33.1 Å². The Kier molecular flexibility index (Phi) is 4.54. The van der Waals surface area contributed by atoms with Crippen LogP contribution in [0.25, 0.3) is 0 Å². The predicted molar refractivity (Wildman–Crippen MR) is 39.4 cm³/mol. The van der Waals surface area contributed by atoms with Gasteiger partial charge in [-0.25, -0.2) is 0 Å². The van der Waals surface area contributed by atoms with Crippen molar-refractivity contribution >= 4 is 11.5 Å². The first kappa shape index (κ1) is 9.14. The van der Waals surface area contributed by atoms with Crippen LogP contribution < -0.4 is 0 Å². The summed E-state index contributed by atoms with van der Waals surface area (Å²) in [6.45, 7) is 3.69. The Balaban J connectivity index is 3.95. The number of hydrogen-bond donors (Lipinski definition) is 1. The van der Waals surface area contributed by atoms with Crippen LogP contribution in [0.3, 0.4) is 0 Å². The summed E-state index contributed by atoms with van der Waals surface area (Å²) < 4.78 is 0. The molecule has 10 heavy (non-hydrogen) atoms. The van der Waals surface area contributed by atoms with Crippen LogP contribution in [0.2, 0.25) is 0 Å². The summed E-state index contributed by atoms with van der Waals surface area (Å²) >= 11 is 0. The minimum absolute atomic E-state index is 0.0654. The average Bonchev–Trinajstić information content (AvgIpc) is 1.99. The molecule has 0 atom stereocenters. The fourth-order valence-electron chi connectivity index (χ4n) is 0.686. The standard InChI is InChI=1S/C7H13NO2/c1-3-5-6(8-10)7(9)4-2/h10H,3-5H2,1-2H3/b8-6+. The quantitative estimate of drug-likeness (QED) is 0.369. The van der Waals surface area contributed by atoms with Crippen LogP contribution in [0.1, 0.15) is 33.1 Å². The molecule has 0 bridgehead atoms. The van der Waals surface area contributed by atoms with Gasteiger partial charge >= 0.3 is 0 Å². The van der Waals surface area contributed by atoms with Gasteiger partial charge in [-0.2, -0.15) is 0 Å². The smallest absolute Gasteiger partial charge is 0.180 e. The lowest BCUT2D eigenvalue weighted by Crippen LogP contribution is -2.12. The summed E-state index contributed by atoms with van der Waals surface area (Å²) in [5.41, 5.74) is 0.296. The van der Waals surface area contributed by atoms with Crippen LogP contribution in [0.5, 0.6) is 0 Å². The second kappa shape index (κ2) is 4.97. The number of ketones is 1. The highest BCUT2D eigenvalue weighted by molar-refractivity contribution is 6.39. The Hall–Kier alpha value is -0.860. The summed E-state index contributed by atoms with van der Waals surface area (Å²) in [5.74, 6) is -0.0654. The molecule has 0 fully saturated rings. The summed E-state index contributed by atoms with van der Waals surface area (Å²) in [4.78, 5) is 10.8. The molecule has 0 aliphatic heterocycles. The molecule has 0 radical (unpaired) electrons. The van der Waals surface area contributed by atoms with Crippen molar-refractivity contribution in [1.82, 2.24) is 0 Å². The monoisotopic (exact) mass is 143 g/mol. The molecule has 1 N–H and O–H groups in total. The first-order chi connectivity index (χ1) is 4.76. The van der Waals surface area contributed by atoms with Gasteiger partial charge < -0.3 is 5.21 Å². The zero-order chi connectivity index (χ0) is 7.98. The number of carbonyl (C=O) groups is 1. The van der Waals surface area contributed by atoms with Crippen LogP contribution >= 0.6 is 0 Å². The number of oxime groups is 1. The molecule has 0 amide bonds. The van der Waals surface area contributed by atoms with Gasteiger partial charge in [-0.15, -0.1) is 0 Å². The Morgan fingerprint density at radius 1 is 1.50 bits per heavy atom. The SMILES string of the molecule is CCC/C(=N\O)C(=O)CC. The number of hydrogen-bond acceptors (Lipinski definition) is 3. The first-order valence-electron chi connectivity index (χ1n) is 3.50.